The van der Waals surface area contributed by atoms with Gasteiger partial charge in [-0.3, -0.25) is 4.79 Å². The van der Waals surface area contributed by atoms with Gasteiger partial charge >= 0.3 is 0 Å². The summed E-state index contributed by atoms with van der Waals surface area (Å²) < 4.78 is 0. The summed E-state index contributed by atoms with van der Waals surface area (Å²) in [5, 5.41) is 2.85. The first-order valence-corrected chi connectivity index (χ1v) is 5.23. The number of para-hydroxylation sites is 1. The quantitative estimate of drug-likeness (QED) is 0.810. The Balaban J connectivity index is 1.95. The van der Waals surface area contributed by atoms with Gasteiger partial charge in [0.05, 0.1) is 6.42 Å². The van der Waals surface area contributed by atoms with Crippen LogP contribution < -0.4 is 5.32 Å². The Hall–Kier alpha value is -2.03. The lowest BCUT2D eigenvalue weighted by Crippen LogP contribution is -2.13. The Labute approximate surface area is 94.5 Å². The number of carbonyl (C=O) groups is 1. The van der Waals surface area contributed by atoms with Gasteiger partial charge in [0.15, 0.2) is 0 Å². The molecule has 0 aliphatic heterocycles. The summed E-state index contributed by atoms with van der Waals surface area (Å²) in [4.78, 5) is 14.7. The van der Waals surface area contributed by atoms with Crippen LogP contribution in [0.3, 0.4) is 0 Å². The second-order valence-electron chi connectivity index (χ2n) is 3.78. The van der Waals surface area contributed by atoms with Crippen molar-refractivity contribution >= 4 is 11.6 Å². The Kier molecular flexibility index (Phi) is 3.05. The minimum Gasteiger partial charge on any atom is -0.365 e. The lowest BCUT2D eigenvalue weighted by Gasteiger charge is -2.03. The molecule has 3 heteroatoms. The van der Waals surface area contributed by atoms with Crippen LogP contribution in [0, 0.1) is 6.92 Å². The number of hydrogen-bond donors (Lipinski definition) is 2. The van der Waals surface area contributed by atoms with Crippen molar-refractivity contribution in [3.05, 3.63) is 53.9 Å². The molecule has 0 radical (unpaired) electrons. The van der Waals surface area contributed by atoms with Crippen molar-refractivity contribution in [2.45, 2.75) is 13.3 Å². The number of aromatic amines is 1. The van der Waals surface area contributed by atoms with Gasteiger partial charge in [0.2, 0.25) is 5.91 Å². The molecule has 2 aromatic rings. The zero-order valence-electron chi connectivity index (χ0n) is 9.16. The normalized spacial score (nSPS) is 10.1. The van der Waals surface area contributed by atoms with Crippen LogP contribution in [0.2, 0.25) is 0 Å². The summed E-state index contributed by atoms with van der Waals surface area (Å²) in [6.45, 7) is 1.97. The summed E-state index contributed by atoms with van der Waals surface area (Å²) in [6.07, 6.45) is 2.26. The van der Waals surface area contributed by atoms with Gasteiger partial charge in [0, 0.05) is 17.6 Å². The molecule has 0 fully saturated rings. The fourth-order valence-corrected chi connectivity index (χ4v) is 1.58. The molecule has 2 N–H and O–H groups in total. The molecule has 2 rings (SSSR count). The highest BCUT2D eigenvalue weighted by Crippen LogP contribution is 2.07. The second-order valence-corrected chi connectivity index (χ2v) is 3.78. The summed E-state index contributed by atoms with van der Waals surface area (Å²) in [5.74, 6) is 0.00481. The van der Waals surface area contributed by atoms with Crippen LogP contribution in [0.4, 0.5) is 5.69 Å². The monoisotopic (exact) mass is 214 g/mol. The zero-order valence-corrected chi connectivity index (χ0v) is 9.16. The predicted octanol–water partition coefficient (Wildman–Crippen LogP) is 2.50. The molecule has 3 nitrogen and oxygen atoms in total. The van der Waals surface area contributed by atoms with Crippen LogP contribution in [-0.2, 0) is 11.2 Å². The standard InChI is InChI=1S/C13H14N2O/c1-10-7-11(9-14-10)8-13(16)15-12-5-3-2-4-6-12/h2-7,9,14H,8H2,1H3,(H,15,16). The first-order chi connectivity index (χ1) is 7.74. The molecule has 16 heavy (non-hydrogen) atoms. The Morgan fingerprint density at radius 2 is 2.06 bits per heavy atom. The molecule has 0 aliphatic carbocycles. The third-order valence-electron chi connectivity index (χ3n) is 2.31. The number of nitrogens with one attached hydrogen (secondary N) is 2. The Morgan fingerprint density at radius 1 is 1.31 bits per heavy atom. The molecule has 0 saturated heterocycles. The van der Waals surface area contributed by atoms with E-state index in [0.717, 1.165) is 16.9 Å². The highest BCUT2D eigenvalue weighted by molar-refractivity contribution is 5.92. The molecule has 0 spiro atoms. The van der Waals surface area contributed by atoms with Gasteiger partial charge in [0.25, 0.3) is 0 Å². The minimum atomic E-state index is 0.00481. The van der Waals surface area contributed by atoms with Gasteiger partial charge in [0.1, 0.15) is 0 Å². The van der Waals surface area contributed by atoms with Crippen molar-refractivity contribution in [2.75, 3.05) is 5.32 Å². The predicted molar refractivity (Wildman–Crippen MR) is 64.3 cm³/mol. The van der Waals surface area contributed by atoms with E-state index in [0.29, 0.717) is 6.42 Å². The average Bonchev–Trinajstić information content (AvgIpc) is 2.65. The Bertz CT molecular complexity index is 474. The molecule has 82 valence electrons. The summed E-state index contributed by atoms with van der Waals surface area (Å²) in [6, 6.07) is 11.4. The topological polar surface area (TPSA) is 44.9 Å². The van der Waals surface area contributed by atoms with E-state index in [4.69, 9.17) is 0 Å². The van der Waals surface area contributed by atoms with Gasteiger partial charge in [-0.25, -0.2) is 0 Å². The maximum Gasteiger partial charge on any atom is 0.228 e. The van der Waals surface area contributed by atoms with E-state index in [9.17, 15) is 4.79 Å². The number of H-pyrrole nitrogens is 1. The first kappa shape index (κ1) is 10.5. The number of hydrogen-bond acceptors (Lipinski definition) is 1. The van der Waals surface area contributed by atoms with Gasteiger partial charge in [-0.1, -0.05) is 18.2 Å². The van der Waals surface area contributed by atoms with Gasteiger partial charge in [-0.15, -0.1) is 0 Å². The second kappa shape index (κ2) is 4.66. The van der Waals surface area contributed by atoms with Crippen molar-refractivity contribution in [1.29, 1.82) is 0 Å². The van der Waals surface area contributed by atoms with Crippen molar-refractivity contribution in [2.24, 2.45) is 0 Å². The van der Waals surface area contributed by atoms with Crippen LogP contribution >= 0.6 is 0 Å². The van der Waals surface area contributed by atoms with Gasteiger partial charge < -0.3 is 10.3 Å². The van der Waals surface area contributed by atoms with E-state index in [1.165, 1.54) is 0 Å². The van der Waals surface area contributed by atoms with E-state index >= 15 is 0 Å². The van der Waals surface area contributed by atoms with Crippen molar-refractivity contribution in [3.63, 3.8) is 0 Å². The van der Waals surface area contributed by atoms with E-state index in [1.54, 1.807) is 0 Å². The van der Waals surface area contributed by atoms with Gasteiger partial charge in [-0.05, 0) is 30.7 Å². The summed E-state index contributed by atoms with van der Waals surface area (Å²) in [7, 11) is 0. The van der Waals surface area contributed by atoms with E-state index in [2.05, 4.69) is 10.3 Å². The average molecular weight is 214 g/mol. The van der Waals surface area contributed by atoms with Crippen molar-refractivity contribution in [3.8, 4) is 0 Å². The summed E-state index contributed by atoms with van der Waals surface area (Å²) >= 11 is 0. The highest BCUT2D eigenvalue weighted by atomic mass is 16.1. The molecule has 0 saturated carbocycles. The van der Waals surface area contributed by atoms with E-state index < -0.39 is 0 Å². The van der Waals surface area contributed by atoms with E-state index in [-0.39, 0.29) is 5.91 Å². The molecular formula is C13H14N2O. The number of aryl methyl sites for hydroxylation is 1. The third-order valence-corrected chi connectivity index (χ3v) is 2.31. The van der Waals surface area contributed by atoms with Crippen LogP contribution in [-0.4, -0.2) is 10.9 Å². The van der Waals surface area contributed by atoms with Crippen molar-refractivity contribution < 1.29 is 4.79 Å². The molecule has 0 atom stereocenters. The zero-order chi connectivity index (χ0) is 11.4. The number of rotatable bonds is 3. The summed E-state index contributed by atoms with van der Waals surface area (Å²) in [5.41, 5.74) is 2.91. The number of carbonyl (C=O) groups excluding carboxylic acids is 1. The van der Waals surface area contributed by atoms with Crippen LogP contribution in [0.5, 0.6) is 0 Å². The lowest BCUT2D eigenvalue weighted by molar-refractivity contribution is -0.115. The fraction of sp³-hybridized carbons (Fsp3) is 0.154. The molecule has 0 aliphatic rings. The molecule has 1 amide bonds. The van der Waals surface area contributed by atoms with Crippen LogP contribution in [0.1, 0.15) is 11.3 Å². The maximum atomic E-state index is 11.7. The molecule has 1 heterocycles. The van der Waals surface area contributed by atoms with E-state index in [1.807, 2.05) is 49.5 Å². The number of amides is 1. The molecule has 0 unspecified atom stereocenters. The molecule has 1 aromatic heterocycles. The smallest absolute Gasteiger partial charge is 0.228 e. The largest absolute Gasteiger partial charge is 0.365 e. The van der Waals surface area contributed by atoms with Crippen LogP contribution in [0.15, 0.2) is 42.6 Å². The Morgan fingerprint density at radius 3 is 2.69 bits per heavy atom. The van der Waals surface area contributed by atoms with Gasteiger partial charge in [-0.2, -0.15) is 0 Å². The SMILES string of the molecule is Cc1cc(CC(=O)Nc2ccccc2)c[nH]1. The first-order valence-electron chi connectivity index (χ1n) is 5.23. The molecule has 1 aromatic carbocycles. The number of benzene rings is 1. The van der Waals surface area contributed by atoms with Crippen molar-refractivity contribution in [1.82, 2.24) is 4.98 Å². The highest BCUT2D eigenvalue weighted by Gasteiger charge is 2.04. The fourth-order valence-electron chi connectivity index (χ4n) is 1.58. The number of anilines is 1. The lowest BCUT2D eigenvalue weighted by atomic mass is 10.2. The van der Waals surface area contributed by atoms with Crippen LogP contribution in [0.25, 0.3) is 0 Å². The molecule has 0 bridgehead atoms. The number of aromatic nitrogens is 1. The third kappa shape index (κ3) is 2.73. The maximum absolute atomic E-state index is 11.7. The minimum absolute atomic E-state index is 0.00481. The molecular weight excluding hydrogens is 200 g/mol.